The van der Waals surface area contributed by atoms with E-state index in [1.165, 1.54) is 12.1 Å². The van der Waals surface area contributed by atoms with Gasteiger partial charge < -0.3 is 5.11 Å². The van der Waals surface area contributed by atoms with Crippen LogP contribution in [0.15, 0.2) is 35.2 Å². The molecule has 0 aliphatic rings. The van der Waals surface area contributed by atoms with Gasteiger partial charge in [-0.25, -0.2) is 13.2 Å². The van der Waals surface area contributed by atoms with E-state index in [2.05, 4.69) is 0 Å². The number of hydrogen-bond acceptors (Lipinski definition) is 3. The Kier molecular flexibility index (Phi) is 5.13. The zero-order valence-corrected chi connectivity index (χ0v) is 11.6. The van der Waals surface area contributed by atoms with Gasteiger partial charge in [-0.05, 0) is 23.8 Å². The summed E-state index contributed by atoms with van der Waals surface area (Å²) in [6.45, 7) is -1.61. The van der Waals surface area contributed by atoms with Crippen LogP contribution in [0.3, 0.4) is 0 Å². The van der Waals surface area contributed by atoms with E-state index in [0.29, 0.717) is 0 Å². The number of nitrogens with zero attached hydrogens (tertiary/aromatic N) is 1. The lowest BCUT2D eigenvalue weighted by molar-refractivity contribution is -0.134. The summed E-state index contributed by atoms with van der Waals surface area (Å²) in [5, 5.41) is 8.48. The highest BCUT2D eigenvalue weighted by atomic mass is 32.2. The van der Waals surface area contributed by atoms with Crippen molar-refractivity contribution in [3.63, 3.8) is 0 Å². The van der Waals surface area contributed by atoms with Gasteiger partial charge in [-0.2, -0.15) is 17.5 Å². The Morgan fingerprint density at radius 3 is 2.52 bits per heavy atom. The largest absolute Gasteiger partial charge is 0.478 e. The van der Waals surface area contributed by atoms with Gasteiger partial charge in [0.1, 0.15) is 6.54 Å². The SMILES string of the molecule is CN(CC(F)(F)F)S(=O)(=O)c1cccc(C=CC(=O)O)c1. The Morgan fingerprint density at radius 1 is 1.38 bits per heavy atom. The fourth-order valence-electron chi connectivity index (χ4n) is 1.46. The summed E-state index contributed by atoms with van der Waals surface area (Å²) in [5.41, 5.74) is 0.249. The van der Waals surface area contributed by atoms with Crippen molar-refractivity contribution in [1.29, 1.82) is 0 Å². The maximum absolute atomic E-state index is 12.3. The Hall–Kier alpha value is -1.87. The number of aliphatic carboxylic acids is 1. The molecule has 0 heterocycles. The predicted octanol–water partition coefficient (Wildman–Crippen LogP) is 1.97. The molecule has 0 unspecified atom stereocenters. The minimum atomic E-state index is -4.65. The Morgan fingerprint density at radius 2 is 2.00 bits per heavy atom. The van der Waals surface area contributed by atoms with Crippen molar-refractivity contribution in [2.75, 3.05) is 13.6 Å². The molecule has 0 aromatic heterocycles. The van der Waals surface area contributed by atoms with Crippen LogP contribution in [-0.2, 0) is 14.8 Å². The van der Waals surface area contributed by atoms with Crippen molar-refractivity contribution < 1.29 is 31.5 Å². The number of hydrogen-bond donors (Lipinski definition) is 1. The van der Waals surface area contributed by atoms with Gasteiger partial charge in [0.15, 0.2) is 0 Å². The van der Waals surface area contributed by atoms with Crippen LogP contribution in [-0.4, -0.2) is 43.6 Å². The molecule has 0 saturated heterocycles. The van der Waals surface area contributed by atoms with Gasteiger partial charge in [-0.1, -0.05) is 12.1 Å². The second kappa shape index (κ2) is 6.27. The van der Waals surface area contributed by atoms with Crippen LogP contribution in [0, 0.1) is 0 Å². The summed E-state index contributed by atoms with van der Waals surface area (Å²) < 4.78 is 60.9. The molecule has 0 fully saturated rings. The fourth-order valence-corrected chi connectivity index (χ4v) is 2.68. The van der Waals surface area contributed by atoms with Gasteiger partial charge in [0, 0.05) is 13.1 Å². The molecule has 0 spiro atoms. The average Bonchev–Trinajstić information content (AvgIpc) is 2.34. The van der Waals surface area contributed by atoms with E-state index in [1.54, 1.807) is 0 Å². The van der Waals surface area contributed by atoms with Crippen molar-refractivity contribution in [2.24, 2.45) is 0 Å². The molecule has 0 atom stereocenters. The van der Waals surface area contributed by atoms with Crippen molar-refractivity contribution >= 4 is 22.1 Å². The highest BCUT2D eigenvalue weighted by molar-refractivity contribution is 7.89. The molecule has 1 aromatic rings. The third kappa shape index (κ3) is 5.20. The third-order valence-corrected chi connectivity index (χ3v) is 4.19. The number of alkyl halides is 3. The number of carbonyl (C=O) groups is 1. The van der Waals surface area contributed by atoms with Crippen LogP contribution in [0.2, 0.25) is 0 Å². The van der Waals surface area contributed by atoms with Crippen molar-refractivity contribution in [3.8, 4) is 0 Å². The van der Waals surface area contributed by atoms with Gasteiger partial charge in [0.2, 0.25) is 10.0 Å². The van der Waals surface area contributed by atoms with Gasteiger partial charge >= 0.3 is 12.1 Å². The normalized spacial score (nSPS) is 13.0. The molecule has 21 heavy (non-hydrogen) atoms. The van der Waals surface area contributed by atoms with Gasteiger partial charge in [-0.15, -0.1) is 0 Å². The van der Waals surface area contributed by atoms with Gasteiger partial charge in [0.05, 0.1) is 4.90 Å². The first-order valence-electron chi connectivity index (χ1n) is 5.56. The van der Waals surface area contributed by atoms with E-state index in [9.17, 15) is 26.4 Å². The van der Waals surface area contributed by atoms with Crippen LogP contribution < -0.4 is 0 Å². The number of benzene rings is 1. The summed E-state index contributed by atoms with van der Waals surface area (Å²) in [6, 6.07) is 4.99. The highest BCUT2D eigenvalue weighted by Gasteiger charge is 2.34. The second-order valence-corrected chi connectivity index (χ2v) is 6.17. The molecule has 0 bridgehead atoms. The zero-order valence-electron chi connectivity index (χ0n) is 10.8. The number of carboxylic acid groups (broad SMARTS) is 1. The molecule has 0 aliphatic heterocycles. The molecule has 9 heteroatoms. The summed E-state index contributed by atoms with van der Waals surface area (Å²) in [7, 11) is -3.48. The second-order valence-electron chi connectivity index (χ2n) is 4.12. The van der Waals surface area contributed by atoms with Crippen molar-refractivity contribution in [2.45, 2.75) is 11.1 Å². The lowest BCUT2D eigenvalue weighted by atomic mass is 10.2. The molecule has 5 nitrogen and oxygen atoms in total. The monoisotopic (exact) mass is 323 g/mol. The topological polar surface area (TPSA) is 74.7 Å². The number of rotatable bonds is 5. The smallest absolute Gasteiger partial charge is 0.402 e. The maximum atomic E-state index is 12.3. The molecule has 0 amide bonds. The van der Waals surface area contributed by atoms with E-state index in [1.807, 2.05) is 0 Å². The molecule has 0 radical (unpaired) electrons. The highest BCUT2D eigenvalue weighted by Crippen LogP contribution is 2.22. The first-order chi connectivity index (χ1) is 9.52. The Balaban J connectivity index is 3.09. The quantitative estimate of drug-likeness (QED) is 0.841. The van der Waals surface area contributed by atoms with E-state index >= 15 is 0 Å². The molecule has 1 aromatic carbocycles. The molecule has 0 aliphatic carbocycles. The number of sulfonamides is 1. The maximum Gasteiger partial charge on any atom is 0.402 e. The summed E-state index contributed by atoms with van der Waals surface area (Å²) in [6.07, 6.45) is -2.71. The average molecular weight is 323 g/mol. The van der Waals surface area contributed by atoms with Crippen LogP contribution in [0.25, 0.3) is 6.08 Å². The molecule has 1 rings (SSSR count). The molecular formula is C12H12F3NO4S. The van der Waals surface area contributed by atoms with Crippen LogP contribution in [0.1, 0.15) is 5.56 Å². The summed E-state index contributed by atoms with van der Waals surface area (Å²) in [4.78, 5) is 10.0. The first-order valence-corrected chi connectivity index (χ1v) is 7.00. The van der Waals surface area contributed by atoms with Gasteiger partial charge in [0.25, 0.3) is 0 Å². The van der Waals surface area contributed by atoms with E-state index in [-0.39, 0.29) is 14.8 Å². The number of carboxylic acids is 1. The number of halogens is 3. The Labute approximate surface area is 119 Å². The minimum absolute atomic E-state index is 0.188. The first kappa shape index (κ1) is 17.2. The van der Waals surface area contributed by atoms with E-state index < -0.39 is 28.7 Å². The minimum Gasteiger partial charge on any atom is -0.478 e. The third-order valence-electron chi connectivity index (χ3n) is 2.39. The Bertz CT molecular complexity index is 653. The lowest BCUT2D eigenvalue weighted by Gasteiger charge is -2.18. The molecule has 0 saturated carbocycles. The van der Waals surface area contributed by atoms with Crippen molar-refractivity contribution in [3.05, 3.63) is 35.9 Å². The van der Waals surface area contributed by atoms with Gasteiger partial charge in [-0.3, -0.25) is 0 Å². The lowest BCUT2D eigenvalue weighted by Crippen LogP contribution is -2.35. The standard InChI is InChI=1S/C12H12F3NO4S/c1-16(8-12(13,14)15)21(19,20)10-4-2-3-9(7-10)5-6-11(17)18/h2-7H,8H2,1H3,(H,17,18). The van der Waals surface area contributed by atoms with E-state index in [0.717, 1.165) is 31.3 Å². The van der Waals surface area contributed by atoms with Crippen molar-refractivity contribution in [1.82, 2.24) is 4.31 Å². The molecular weight excluding hydrogens is 311 g/mol. The van der Waals surface area contributed by atoms with Crippen LogP contribution in [0.5, 0.6) is 0 Å². The molecule has 1 N–H and O–H groups in total. The molecule has 116 valence electrons. The van der Waals surface area contributed by atoms with Crippen LogP contribution >= 0.6 is 0 Å². The summed E-state index contributed by atoms with van der Waals surface area (Å²) >= 11 is 0. The fraction of sp³-hybridized carbons (Fsp3) is 0.250. The zero-order chi connectivity index (χ0) is 16.3. The van der Waals surface area contributed by atoms with E-state index in [4.69, 9.17) is 5.11 Å². The summed E-state index contributed by atoms with van der Waals surface area (Å²) in [5.74, 6) is -1.22. The predicted molar refractivity (Wildman–Crippen MR) is 69.0 cm³/mol. The van der Waals surface area contributed by atoms with Crippen LogP contribution in [0.4, 0.5) is 13.2 Å².